The van der Waals surface area contributed by atoms with E-state index in [0.717, 1.165) is 43.9 Å². The van der Waals surface area contributed by atoms with Crippen molar-refractivity contribution in [2.75, 3.05) is 24.5 Å². The number of rotatable bonds is 4. The molecule has 0 spiro atoms. The van der Waals surface area contributed by atoms with Crippen LogP contribution in [0.1, 0.15) is 24.4 Å². The summed E-state index contributed by atoms with van der Waals surface area (Å²) in [5, 5.41) is 4.44. The van der Waals surface area contributed by atoms with E-state index in [4.69, 9.17) is 0 Å². The molecular formula is C17H21N5O2. The smallest absolute Gasteiger partial charge is 0.250 e. The molecule has 2 aromatic heterocycles. The zero-order valence-corrected chi connectivity index (χ0v) is 13.8. The molecule has 0 bridgehead atoms. The van der Waals surface area contributed by atoms with E-state index in [2.05, 4.69) is 10.00 Å². The standard InChI is InChI=1S/C17H21N5O2/c1-19-8-13(4-5-16(19)23)9-20-10-15(11-20)22-12-14(7-18-22)21-6-2-3-17(21)24/h4-5,7-8,12,15H,2-3,6,9-11H2,1H3. The van der Waals surface area contributed by atoms with Gasteiger partial charge in [-0.15, -0.1) is 0 Å². The zero-order valence-electron chi connectivity index (χ0n) is 13.8. The molecular weight excluding hydrogens is 306 g/mol. The first-order chi connectivity index (χ1) is 11.6. The van der Waals surface area contributed by atoms with Gasteiger partial charge in [0, 0.05) is 58.1 Å². The van der Waals surface area contributed by atoms with Gasteiger partial charge in [-0.05, 0) is 12.0 Å². The molecule has 4 heterocycles. The molecule has 0 atom stereocenters. The Labute approximate surface area is 140 Å². The van der Waals surface area contributed by atoms with Gasteiger partial charge in [0.1, 0.15) is 0 Å². The summed E-state index contributed by atoms with van der Waals surface area (Å²) < 4.78 is 3.58. The lowest BCUT2D eigenvalue weighted by atomic mass is 10.1. The normalized spacial score (nSPS) is 19.0. The topological polar surface area (TPSA) is 63.4 Å². The van der Waals surface area contributed by atoms with E-state index in [9.17, 15) is 9.59 Å². The molecule has 0 radical (unpaired) electrons. The van der Waals surface area contributed by atoms with Gasteiger partial charge in [-0.25, -0.2) is 0 Å². The number of pyridine rings is 1. The summed E-state index contributed by atoms with van der Waals surface area (Å²) in [7, 11) is 1.77. The van der Waals surface area contributed by atoms with Crippen molar-refractivity contribution in [1.29, 1.82) is 0 Å². The number of anilines is 1. The van der Waals surface area contributed by atoms with Gasteiger partial charge in [-0.3, -0.25) is 19.2 Å². The third-order valence-electron chi connectivity index (χ3n) is 4.84. The van der Waals surface area contributed by atoms with Gasteiger partial charge in [0.05, 0.1) is 17.9 Å². The molecule has 7 nitrogen and oxygen atoms in total. The fourth-order valence-electron chi connectivity index (χ4n) is 3.43. The van der Waals surface area contributed by atoms with Crippen LogP contribution in [-0.2, 0) is 18.4 Å². The van der Waals surface area contributed by atoms with Crippen molar-refractivity contribution in [3.63, 3.8) is 0 Å². The molecule has 0 N–H and O–H groups in total. The minimum absolute atomic E-state index is 0.0146. The van der Waals surface area contributed by atoms with Gasteiger partial charge >= 0.3 is 0 Å². The van der Waals surface area contributed by atoms with Crippen molar-refractivity contribution in [2.24, 2.45) is 7.05 Å². The Morgan fingerprint density at radius 1 is 1.21 bits per heavy atom. The highest BCUT2D eigenvalue weighted by molar-refractivity contribution is 5.95. The zero-order chi connectivity index (χ0) is 16.7. The molecule has 2 aliphatic rings. The van der Waals surface area contributed by atoms with Crippen LogP contribution in [0.5, 0.6) is 0 Å². The highest BCUT2D eigenvalue weighted by Crippen LogP contribution is 2.26. The molecule has 0 saturated carbocycles. The van der Waals surface area contributed by atoms with E-state index >= 15 is 0 Å². The molecule has 126 valence electrons. The van der Waals surface area contributed by atoms with Gasteiger partial charge in [0.2, 0.25) is 11.5 Å². The maximum Gasteiger partial charge on any atom is 0.250 e. The van der Waals surface area contributed by atoms with E-state index in [0.29, 0.717) is 12.5 Å². The Morgan fingerprint density at radius 2 is 2.04 bits per heavy atom. The SMILES string of the molecule is Cn1cc(CN2CC(n3cc(N4CCCC4=O)cn3)C2)ccc1=O. The Hall–Kier alpha value is -2.41. The largest absolute Gasteiger partial charge is 0.318 e. The molecule has 7 heteroatoms. The first-order valence-electron chi connectivity index (χ1n) is 8.32. The molecule has 2 aromatic rings. The number of likely N-dealkylation sites (tertiary alicyclic amines) is 1. The number of hydrogen-bond acceptors (Lipinski definition) is 4. The quantitative estimate of drug-likeness (QED) is 0.832. The van der Waals surface area contributed by atoms with Crippen molar-refractivity contribution in [3.05, 3.63) is 46.6 Å². The minimum Gasteiger partial charge on any atom is -0.318 e. The van der Waals surface area contributed by atoms with Crippen LogP contribution in [0, 0.1) is 0 Å². The van der Waals surface area contributed by atoms with Gasteiger partial charge in [-0.1, -0.05) is 6.07 Å². The molecule has 0 unspecified atom stereocenters. The van der Waals surface area contributed by atoms with Crippen LogP contribution in [-0.4, -0.2) is 44.8 Å². The lowest BCUT2D eigenvalue weighted by Gasteiger charge is -2.39. The van der Waals surface area contributed by atoms with Crippen LogP contribution in [0.2, 0.25) is 0 Å². The summed E-state index contributed by atoms with van der Waals surface area (Å²) in [5.41, 5.74) is 2.06. The number of aromatic nitrogens is 3. The second kappa shape index (κ2) is 5.90. The van der Waals surface area contributed by atoms with Gasteiger partial charge in [-0.2, -0.15) is 5.10 Å². The third-order valence-corrected chi connectivity index (χ3v) is 4.84. The van der Waals surface area contributed by atoms with E-state index < -0.39 is 0 Å². The average molecular weight is 327 g/mol. The molecule has 1 amide bonds. The van der Waals surface area contributed by atoms with Gasteiger partial charge < -0.3 is 9.47 Å². The van der Waals surface area contributed by atoms with Crippen molar-refractivity contribution >= 4 is 11.6 Å². The van der Waals surface area contributed by atoms with Crippen LogP contribution in [0.25, 0.3) is 0 Å². The number of aryl methyl sites for hydroxylation is 1. The van der Waals surface area contributed by atoms with E-state index in [1.807, 2.05) is 28.0 Å². The summed E-state index contributed by atoms with van der Waals surface area (Å²) >= 11 is 0. The number of hydrogen-bond donors (Lipinski definition) is 0. The predicted octanol–water partition coefficient (Wildman–Crippen LogP) is 0.765. The lowest BCUT2D eigenvalue weighted by molar-refractivity contribution is -0.117. The van der Waals surface area contributed by atoms with E-state index in [1.165, 1.54) is 0 Å². The van der Waals surface area contributed by atoms with Gasteiger partial charge in [0.25, 0.3) is 0 Å². The number of amides is 1. The summed E-state index contributed by atoms with van der Waals surface area (Å²) in [4.78, 5) is 27.4. The Bertz CT molecular complexity index is 818. The van der Waals surface area contributed by atoms with Crippen LogP contribution >= 0.6 is 0 Å². The number of nitrogens with zero attached hydrogens (tertiary/aromatic N) is 5. The van der Waals surface area contributed by atoms with Crippen molar-refractivity contribution < 1.29 is 4.79 Å². The third kappa shape index (κ3) is 2.75. The van der Waals surface area contributed by atoms with E-state index in [-0.39, 0.29) is 11.5 Å². The summed E-state index contributed by atoms with van der Waals surface area (Å²) in [6.07, 6.45) is 7.24. The highest BCUT2D eigenvalue weighted by Gasteiger charge is 2.30. The second-order valence-corrected chi connectivity index (χ2v) is 6.66. The molecule has 2 aliphatic heterocycles. The maximum atomic E-state index is 11.8. The monoisotopic (exact) mass is 327 g/mol. The average Bonchev–Trinajstić information content (AvgIpc) is 3.14. The minimum atomic E-state index is 0.0146. The summed E-state index contributed by atoms with van der Waals surface area (Å²) in [6, 6.07) is 3.85. The maximum absolute atomic E-state index is 11.8. The molecule has 2 fully saturated rings. The predicted molar refractivity (Wildman–Crippen MR) is 89.8 cm³/mol. The summed E-state index contributed by atoms with van der Waals surface area (Å²) in [5.74, 6) is 0.194. The van der Waals surface area contributed by atoms with E-state index in [1.54, 1.807) is 23.9 Å². The molecule has 0 aliphatic carbocycles. The molecule has 0 aromatic carbocycles. The van der Waals surface area contributed by atoms with Crippen molar-refractivity contribution in [2.45, 2.75) is 25.4 Å². The molecule has 2 saturated heterocycles. The Kier molecular flexibility index (Phi) is 3.72. The second-order valence-electron chi connectivity index (χ2n) is 6.66. The van der Waals surface area contributed by atoms with Crippen molar-refractivity contribution in [1.82, 2.24) is 19.2 Å². The summed E-state index contributed by atoms with van der Waals surface area (Å²) in [6.45, 7) is 3.49. The van der Waals surface area contributed by atoms with Crippen molar-refractivity contribution in [3.8, 4) is 0 Å². The lowest BCUT2D eigenvalue weighted by Crippen LogP contribution is -2.47. The van der Waals surface area contributed by atoms with Crippen LogP contribution in [0.3, 0.4) is 0 Å². The van der Waals surface area contributed by atoms with Crippen LogP contribution in [0.4, 0.5) is 5.69 Å². The first kappa shape index (κ1) is 15.1. The number of carbonyl (C=O) groups is 1. The fraction of sp³-hybridized carbons (Fsp3) is 0.471. The number of carbonyl (C=O) groups excluding carboxylic acids is 1. The highest BCUT2D eigenvalue weighted by atomic mass is 16.2. The van der Waals surface area contributed by atoms with Crippen LogP contribution < -0.4 is 10.5 Å². The molecule has 24 heavy (non-hydrogen) atoms. The van der Waals surface area contributed by atoms with Gasteiger partial charge in [0.15, 0.2) is 0 Å². The Morgan fingerprint density at radius 3 is 2.75 bits per heavy atom. The Balaban J connectivity index is 1.35. The molecule has 4 rings (SSSR count). The van der Waals surface area contributed by atoms with Crippen LogP contribution in [0.15, 0.2) is 35.5 Å². The first-order valence-corrected chi connectivity index (χ1v) is 8.32. The fourth-order valence-corrected chi connectivity index (χ4v) is 3.43.